The Bertz CT molecular complexity index is 932. The Morgan fingerprint density at radius 2 is 1.20 bits per heavy atom. The standard InChI is InChI=1S/C27H29NO2/c1-20(21-14-8-5-9-15-21)24(26(29)30-27(2,3)4)28-25(22-16-10-6-11-17-22)23-18-12-7-13-19-23/h5-20,24H,1-4H3/t20-,24+/m0/s1. The first-order valence-electron chi connectivity index (χ1n) is 10.3. The summed E-state index contributed by atoms with van der Waals surface area (Å²) in [5.41, 5.74) is 3.20. The van der Waals surface area contributed by atoms with Gasteiger partial charge in [0.05, 0.1) is 5.71 Å². The summed E-state index contributed by atoms with van der Waals surface area (Å²) in [4.78, 5) is 18.3. The summed E-state index contributed by atoms with van der Waals surface area (Å²) in [7, 11) is 0. The van der Waals surface area contributed by atoms with E-state index < -0.39 is 11.6 Å². The fraction of sp³-hybridized carbons (Fsp3) is 0.259. The second kappa shape index (κ2) is 9.53. The minimum Gasteiger partial charge on any atom is -0.458 e. The van der Waals surface area contributed by atoms with E-state index in [9.17, 15) is 4.79 Å². The summed E-state index contributed by atoms with van der Waals surface area (Å²) in [6, 6.07) is 29.3. The number of benzene rings is 3. The van der Waals surface area contributed by atoms with E-state index in [4.69, 9.17) is 9.73 Å². The van der Waals surface area contributed by atoms with E-state index in [1.54, 1.807) is 0 Å². The predicted molar refractivity (Wildman–Crippen MR) is 123 cm³/mol. The van der Waals surface area contributed by atoms with Crippen molar-refractivity contribution in [2.45, 2.75) is 45.3 Å². The Morgan fingerprint density at radius 1 is 0.767 bits per heavy atom. The smallest absolute Gasteiger partial charge is 0.332 e. The van der Waals surface area contributed by atoms with Crippen molar-refractivity contribution in [1.82, 2.24) is 0 Å². The number of ether oxygens (including phenoxy) is 1. The Labute approximate surface area is 179 Å². The lowest BCUT2D eigenvalue weighted by molar-refractivity contribution is -0.156. The van der Waals surface area contributed by atoms with Gasteiger partial charge in [-0.25, -0.2) is 4.79 Å². The van der Waals surface area contributed by atoms with Gasteiger partial charge in [0.1, 0.15) is 5.60 Å². The fourth-order valence-corrected chi connectivity index (χ4v) is 3.32. The van der Waals surface area contributed by atoms with Crippen molar-refractivity contribution in [3.63, 3.8) is 0 Å². The summed E-state index contributed by atoms with van der Waals surface area (Å²) < 4.78 is 5.77. The average molecular weight is 400 g/mol. The highest BCUT2D eigenvalue weighted by molar-refractivity contribution is 6.13. The van der Waals surface area contributed by atoms with Gasteiger partial charge < -0.3 is 4.74 Å². The van der Waals surface area contributed by atoms with Crippen LogP contribution in [-0.2, 0) is 9.53 Å². The minimum atomic E-state index is -0.665. The van der Waals surface area contributed by atoms with E-state index in [0.717, 1.165) is 22.4 Å². The zero-order chi connectivity index (χ0) is 21.6. The van der Waals surface area contributed by atoms with Crippen LogP contribution in [0.1, 0.15) is 50.3 Å². The molecule has 0 bridgehead atoms. The van der Waals surface area contributed by atoms with Crippen LogP contribution in [0.2, 0.25) is 0 Å². The number of esters is 1. The van der Waals surface area contributed by atoms with Crippen LogP contribution in [0, 0.1) is 0 Å². The van der Waals surface area contributed by atoms with E-state index >= 15 is 0 Å². The average Bonchev–Trinajstić information content (AvgIpc) is 2.74. The molecule has 0 N–H and O–H groups in total. The van der Waals surface area contributed by atoms with Gasteiger partial charge in [-0.1, -0.05) is 97.9 Å². The first-order valence-corrected chi connectivity index (χ1v) is 10.3. The molecular formula is C27H29NO2. The molecule has 0 aliphatic rings. The summed E-state index contributed by atoms with van der Waals surface area (Å²) in [6.07, 6.45) is 0. The second-order valence-corrected chi connectivity index (χ2v) is 8.39. The van der Waals surface area contributed by atoms with Crippen molar-refractivity contribution in [1.29, 1.82) is 0 Å². The molecule has 0 amide bonds. The van der Waals surface area contributed by atoms with Crippen LogP contribution >= 0.6 is 0 Å². The maximum absolute atomic E-state index is 13.2. The SMILES string of the molecule is C[C@@H](c1ccccc1)[C@@H](N=C(c1ccccc1)c1ccccc1)C(=O)OC(C)(C)C. The number of nitrogens with zero attached hydrogens (tertiary/aromatic N) is 1. The molecule has 0 heterocycles. The Morgan fingerprint density at radius 3 is 1.63 bits per heavy atom. The zero-order valence-electron chi connectivity index (χ0n) is 18.1. The normalized spacial score (nSPS) is 13.2. The van der Waals surface area contributed by atoms with Gasteiger partial charge in [0, 0.05) is 17.0 Å². The summed E-state index contributed by atoms with van der Waals surface area (Å²) in [5, 5.41) is 0. The second-order valence-electron chi connectivity index (χ2n) is 8.39. The number of hydrogen-bond acceptors (Lipinski definition) is 3. The molecule has 3 aromatic rings. The molecule has 30 heavy (non-hydrogen) atoms. The number of rotatable bonds is 6. The van der Waals surface area contributed by atoms with Crippen LogP contribution in [0.4, 0.5) is 0 Å². The molecule has 0 saturated carbocycles. The first kappa shape index (κ1) is 21.5. The minimum absolute atomic E-state index is 0.136. The molecular weight excluding hydrogens is 370 g/mol. The van der Waals surface area contributed by atoms with E-state index in [1.807, 2.05) is 119 Å². The van der Waals surface area contributed by atoms with Crippen molar-refractivity contribution in [2.24, 2.45) is 4.99 Å². The number of carbonyl (C=O) groups excluding carboxylic acids is 1. The Hall–Kier alpha value is -3.20. The lowest BCUT2D eigenvalue weighted by Crippen LogP contribution is -2.34. The number of hydrogen-bond donors (Lipinski definition) is 0. The largest absolute Gasteiger partial charge is 0.458 e. The third-order valence-electron chi connectivity index (χ3n) is 4.81. The van der Waals surface area contributed by atoms with Crippen LogP contribution in [-0.4, -0.2) is 23.3 Å². The van der Waals surface area contributed by atoms with Gasteiger partial charge in [0.15, 0.2) is 6.04 Å². The molecule has 3 nitrogen and oxygen atoms in total. The topological polar surface area (TPSA) is 38.7 Å². The van der Waals surface area contributed by atoms with Crippen molar-refractivity contribution in [3.05, 3.63) is 108 Å². The predicted octanol–water partition coefficient (Wildman–Crippen LogP) is 6.04. The molecule has 0 unspecified atom stereocenters. The van der Waals surface area contributed by atoms with Gasteiger partial charge >= 0.3 is 5.97 Å². The molecule has 3 aromatic carbocycles. The van der Waals surface area contributed by atoms with Crippen molar-refractivity contribution >= 4 is 11.7 Å². The highest BCUT2D eigenvalue weighted by Gasteiger charge is 2.31. The quantitative estimate of drug-likeness (QED) is 0.374. The molecule has 0 aliphatic heterocycles. The van der Waals surface area contributed by atoms with Crippen LogP contribution in [0.3, 0.4) is 0 Å². The lowest BCUT2D eigenvalue weighted by Gasteiger charge is -2.26. The van der Waals surface area contributed by atoms with Gasteiger partial charge in [0.2, 0.25) is 0 Å². The van der Waals surface area contributed by atoms with E-state index in [-0.39, 0.29) is 11.9 Å². The van der Waals surface area contributed by atoms with Crippen LogP contribution < -0.4 is 0 Å². The van der Waals surface area contributed by atoms with Gasteiger partial charge in [-0.15, -0.1) is 0 Å². The first-order chi connectivity index (χ1) is 14.3. The molecule has 0 saturated heterocycles. The maximum Gasteiger partial charge on any atom is 0.332 e. The third-order valence-corrected chi connectivity index (χ3v) is 4.81. The Kier molecular flexibility index (Phi) is 6.83. The fourth-order valence-electron chi connectivity index (χ4n) is 3.32. The maximum atomic E-state index is 13.2. The van der Waals surface area contributed by atoms with Gasteiger partial charge in [-0.2, -0.15) is 0 Å². The molecule has 154 valence electrons. The molecule has 3 rings (SSSR count). The van der Waals surface area contributed by atoms with Crippen LogP contribution in [0.15, 0.2) is 96.0 Å². The van der Waals surface area contributed by atoms with Gasteiger partial charge in [-0.05, 0) is 26.3 Å². The number of aliphatic imine (C=N–C) groups is 1. The zero-order valence-corrected chi connectivity index (χ0v) is 18.1. The Balaban J connectivity index is 2.11. The molecule has 0 radical (unpaired) electrons. The summed E-state index contributed by atoms with van der Waals surface area (Å²) in [5.74, 6) is -0.452. The van der Waals surface area contributed by atoms with Crippen molar-refractivity contribution in [2.75, 3.05) is 0 Å². The van der Waals surface area contributed by atoms with Crippen molar-refractivity contribution in [3.8, 4) is 0 Å². The van der Waals surface area contributed by atoms with E-state index in [0.29, 0.717) is 0 Å². The summed E-state index contributed by atoms with van der Waals surface area (Å²) >= 11 is 0. The van der Waals surface area contributed by atoms with E-state index in [1.165, 1.54) is 0 Å². The summed E-state index contributed by atoms with van der Waals surface area (Å²) in [6.45, 7) is 7.68. The van der Waals surface area contributed by atoms with Crippen molar-refractivity contribution < 1.29 is 9.53 Å². The van der Waals surface area contributed by atoms with Gasteiger partial charge in [0.25, 0.3) is 0 Å². The van der Waals surface area contributed by atoms with Crippen LogP contribution in [0.5, 0.6) is 0 Å². The van der Waals surface area contributed by atoms with E-state index in [2.05, 4.69) is 0 Å². The highest BCUT2D eigenvalue weighted by atomic mass is 16.6. The molecule has 0 aliphatic carbocycles. The third kappa shape index (κ3) is 5.66. The highest BCUT2D eigenvalue weighted by Crippen LogP contribution is 2.26. The van der Waals surface area contributed by atoms with Gasteiger partial charge in [-0.3, -0.25) is 4.99 Å². The monoisotopic (exact) mass is 399 g/mol. The molecule has 3 heteroatoms. The van der Waals surface area contributed by atoms with Crippen LogP contribution in [0.25, 0.3) is 0 Å². The number of carbonyl (C=O) groups is 1. The molecule has 0 aromatic heterocycles. The molecule has 0 fully saturated rings. The molecule has 0 spiro atoms. The molecule has 2 atom stereocenters. The lowest BCUT2D eigenvalue weighted by atomic mass is 9.92.